The third-order valence-corrected chi connectivity index (χ3v) is 5.51. The van der Waals surface area contributed by atoms with Crippen LogP contribution in [0.2, 0.25) is 5.02 Å². The fourth-order valence-electron chi connectivity index (χ4n) is 2.43. The first-order valence-corrected chi connectivity index (χ1v) is 9.69. The summed E-state index contributed by atoms with van der Waals surface area (Å²) in [6.45, 7) is 0.807. The smallest absolute Gasteiger partial charge is 0.379 e. The van der Waals surface area contributed by atoms with Gasteiger partial charge in [-0.3, -0.25) is 4.79 Å². The second kappa shape index (κ2) is 8.55. The lowest BCUT2D eigenvalue weighted by Crippen LogP contribution is -2.41. The summed E-state index contributed by atoms with van der Waals surface area (Å²) in [5.74, 6) is -0.365. The summed E-state index contributed by atoms with van der Waals surface area (Å²) < 4.78 is 70.1. The van der Waals surface area contributed by atoms with E-state index in [0.717, 1.165) is 25.0 Å². The third-order valence-electron chi connectivity index (χ3n) is 3.72. The molecule has 0 saturated carbocycles. The second-order valence-electron chi connectivity index (χ2n) is 5.77. The van der Waals surface area contributed by atoms with Crippen LogP contribution in [0.15, 0.2) is 23.1 Å². The maximum Gasteiger partial charge on any atom is 0.417 e. The molecule has 1 aliphatic rings. The van der Waals surface area contributed by atoms with Crippen LogP contribution >= 0.6 is 11.6 Å². The van der Waals surface area contributed by atoms with Crippen LogP contribution in [0.25, 0.3) is 0 Å². The van der Waals surface area contributed by atoms with E-state index in [2.05, 4.69) is 10.0 Å². The molecule has 26 heavy (non-hydrogen) atoms. The second-order valence-corrected chi connectivity index (χ2v) is 7.94. The van der Waals surface area contributed by atoms with Crippen LogP contribution in [0.4, 0.5) is 13.2 Å². The summed E-state index contributed by atoms with van der Waals surface area (Å²) in [5, 5.41) is 2.12. The molecule has 1 aliphatic heterocycles. The lowest BCUT2D eigenvalue weighted by Gasteiger charge is -2.23. The Labute approximate surface area is 154 Å². The van der Waals surface area contributed by atoms with Crippen molar-refractivity contribution < 1.29 is 31.1 Å². The third kappa shape index (κ3) is 5.83. The van der Waals surface area contributed by atoms with Gasteiger partial charge in [-0.05, 0) is 31.0 Å². The molecule has 1 aromatic rings. The van der Waals surface area contributed by atoms with Crippen molar-refractivity contribution in [1.82, 2.24) is 10.0 Å². The number of hydrogen-bond donors (Lipinski definition) is 2. The molecule has 0 aromatic heterocycles. The van der Waals surface area contributed by atoms with Crippen molar-refractivity contribution in [2.45, 2.75) is 36.4 Å². The van der Waals surface area contributed by atoms with E-state index in [1.807, 2.05) is 0 Å². The van der Waals surface area contributed by atoms with Crippen LogP contribution in [0.3, 0.4) is 0 Å². The summed E-state index contributed by atoms with van der Waals surface area (Å²) in [6, 6.07) is 2.19. The molecule has 2 rings (SSSR count). The first kappa shape index (κ1) is 20.9. The Hall–Kier alpha value is -1.36. The largest absolute Gasteiger partial charge is 0.417 e. The summed E-state index contributed by atoms with van der Waals surface area (Å²) in [4.78, 5) is 11.2. The van der Waals surface area contributed by atoms with E-state index in [9.17, 15) is 26.4 Å². The summed E-state index contributed by atoms with van der Waals surface area (Å²) in [5.41, 5.74) is -1.24. The molecule has 0 spiro atoms. The molecule has 1 saturated heterocycles. The predicted molar refractivity (Wildman–Crippen MR) is 88.2 cm³/mol. The zero-order valence-electron chi connectivity index (χ0n) is 13.6. The van der Waals surface area contributed by atoms with Gasteiger partial charge in [-0.2, -0.15) is 13.2 Å². The molecule has 1 amide bonds. The van der Waals surface area contributed by atoms with Gasteiger partial charge in [-0.1, -0.05) is 11.6 Å². The molecule has 1 heterocycles. The SMILES string of the molecule is O=C(CCNS(=O)(=O)c1ccc(Cl)c(C(F)(F)F)c1)NC1CCCOC1. The molecule has 0 bridgehead atoms. The number of nitrogens with one attached hydrogen (secondary N) is 2. The van der Waals surface area contributed by atoms with Crippen molar-refractivity contribution in [3.63, 3.8) is 0 Å². The minimum atomic E-state index is -4.77. The average Bonchev–Trinajstić information content (AvgIpc) is 2.54. The minimum Gasteiger partial charge on any atom is -0.379 e. The quantitative estimate of drug-likeness (QED) is 0.748. The van der Waals surface area contributed by atoms with Crippen LogP contribution in [-0.4, -0.2) is 40.1 Å². The zero-order valence-corrected chi connectivity index (χ0v) is 15.2. The summed E-state index contributed by atoms with van der Waals surface area (Å²) in [7, 11) is -4.20. The normalized spacial score (nSPS) is 18.5. The van der Waals surface area contributed by atoms with E-state index in [4.69, 9.17) is 16.3 Å². The summed E-state index contributed by atoms with van der Waals surface area (Å²) >= 11 is 5.47. The number of halogens is 4. The van der Waals surface area contributed by atoms with Gasteiger partial charge in [0.15, 0.2) is 0 Å². The zero-order chi connectivity index (χ0) is 19.4. The molecule has 1 aromatic carbocycles. The molecule has 0 aliphatic carbocycles. The number of hydrogen-bond acceptors (Lipinski definition) is 4. The highest BCUT2D eigenvalue weighted by Gasteiger charge is 2.34. The number of ether oxygens (including phenoxy) is 1. The number of sulfonamides is 1. The van der Waals surface area contributed by atoms with Gasteiger partial charge >= 0.3 is 6.18 Å². The Balaban J connectivity index is 1.93. The standard InChI is InChI=1S/C15H18ClF3N2O4S/c16-13-4-3-11(8-12(13)15(17,18)19)26(23,24)20-6-5-14(22)21-10-2-1-7-25-9-10/h3-4,8,10,20H,1-2,5-7,9H2,(H,21,22). The molecule has 6 nitrogen and oxygen atoms in total. The van der Waals surface area contributed by atoms with E-state index in [1.165, 1.54) is 0 Å². The van der Waals surface area contributed by atoms with Crippen molar-refractivity contribution in [2.75, 3.05) is 19.8 Å². The fraction of sp³-hybridized carbons (Fsp3) is 0.533. The lowest BCUT2D eigenvalue weighted by molar-refractivity contribution is -0.137. The molecule has 1 fully saturated rings. The first-order chi connectivity index (χ1) is 12.1. The molecule has 146 valence electrons. The number of benzene rings is 1. The van der Waals surface area contributed by atoms with Gasteiger partial charge in [0.1, 0.15) is 0 Å². The molecule has 1 unspecified atom stereocenters. The van der Waals surface area contributed by atoms with Crippen LogP contribution < -0.4 is 10.0 Å². The van der Waals surface area contributed by atoms with Crippen LogP contribution in [0.5, 0.6) is 0 Å². The topological polar surface area (TPSA) is 84.5 Å². The van der Waals surface area contributed by atoms with Gasteiger partial charge in [-0.25, -0.2) is 13.1 Å². The molecule has 0 radical (unpaired) electrons. The van der Waals surface area contributed by atoms with E-state index < -0.39 is 31.7 Å². The van der Waals surface area contributed by atoms with Gasteiger partial charge in [0.25, 0.3) is 0 Å². The van der Waals surface area contributed by atoms with Gasteiger partial charge < -0.3 is 10.1 Å². The maximum atomic E-state index is 12.8. The van der Waals surface area contributed by atoms with E-state index >= 15 is 0 Å². The number of amides is 1. The Morgan fingerprint density at radius 1 is 1.35 bits per heavy atom. The van der Waals surface area contributed by atoms with Gasteiger partial charge in [0.2, 0.25) is 15.9 Å². The lowest BCUT2D eigenvalue weighted by atomic mass is 10.1. The average molecular weight is 415 g/mol. The highest BCUT2D eigenvalue weighted by Crippen LogP contribution is 2.35. The molecular formula is C15H18ClF3N2O4S. The van der Waals surface area contributed by atoms with Crippen LogP contribution in [0.1, 0.15) is 24.8 Å². The number of rotatable bonds is 6. The number of alkyl halides is 3. The first-order valence-electron chi connectivity index (χ1n) is 7.83. The van der Waals surface area contributed by atoms with Crippen LogP contribution in [-0.2, 0) is 25.7 Å². The molecule has 11 heteroatoms. The Kier molecular flexibility index (Phi) is 6.89. The van der Waals surface area contributed by atoms with Gasteiger partial charge in [0.05, 0.1) is 28.1 Å². The van der Waals surface area contributed by atoms with E-state index in [1.54, 1.807) is 0 Å². The van der Waals surface area contributed by atoms with Gasteiger partial charge in [0, 0.05) is 19.6 Å². The van der Waals surface area contributed by atoms with Crippen molar-refractivity contribution in [1.29, 1.82) is 0 Å². The maximum absolute atomic E-state index is 12.8. The van der Waals surface area contributed by atoms with Crippen molar-refractivity contribution in [3.8, 4) is 0 Å². The van der Waals surface area contributed by atoms with Crippen molar-refractivity contribution in [3.05, 3.63) is 28.8 Å². The van der Waals surface area contributed by atoms with Crippen molar-refractivity contribution in [2.24, 2.45) is 0 Å². The molecular weight excluding hydrogens is 397 g/mol. The monoisotopic (exact) mass is 414 g/mol. The number of carbonyl (C=O) groups excluding carboxylic acids is 1. The van der Waals surface area contributed by atoms with Gasteiger partial charge in [-0.15, -0.1) is 0 Å². The Morgan fingerprint density at radius 2 is 2.08 bits per heavy atom. The highest BCUT2D eigenvalue weighted by atomic mass is 35.5. The number of carbonyl (C=O) groups is 1. The Morgan fingerprint density at radius 3 is 2.69 bits per heavy atom. The van der Waals surface area contributed by atoms with Crippen LogP contribution in [0, 0.1) is 0 Å². The molecule has 1 atom stereocenters. The Bertz CT molecular complexity index is 750. The van der Waals surface area contributed by atoms with E-state index in [-0.39, 0.29) is 24.9 Å². The van der Waals surface area contributed by atoms with E-state index in [0.29, 0.717) is 19.3 Å². The highest BCUT2D eigenvalue weighted by molar-refractivity contribution is 7.89. The fourth-order valence-corrected chi connectivity index (χ4v) is 3.71. The summed E-state index contributed by atoms with van der Waals surface area (Å²) in [6.07, 6.45) is -3.31. The van der Waals surface area contributed by atoms with Crippen molar-refractivity contribution >= 4 is 27.5 Å². The minimum absolute atomic E-state index is 0.113. The molecule has 2 N–H and O–H groups in total. The predicted octanol–water partition coefficient (Wildman–Crippen LogP) is 2.32.